The number of benzene rings is 2. The number of rotatable bonds is 9. The van der Waals surface area contributed by atoms with Crippen LogP contribution in [0.25, 0.3) is 0 Å². The molecule has 27 heavy (non-hydrogen) atoms. The Morgan fingerprint density at radius 2 is 1.85 bits per heavy atom. The summed E-state index contributed by atoms with van der Waals surface area (Å²) in [4.78, 5) is 12.3. The van der Waals surface area contributed by atoms with Gasteiger partial charge in [-0.1, -0.05) is 37.3 Å². The summed E-state index contributed by atoms with van der Waals surface area (Å²) in [6.45, 7) is 4.11. The van der Waals surface area contributed by atoms with Gasteiger partial charge in [-0.3, -0.25) is 4.79 Å². The van der Waals surface area contributed by atoms with E-state index in [1.165, 1.54) is 19.2 Å². The van der Waals surface area contributed by atoms with Crippen LogP contribution in [0.15, 0.2) is 53.4 Å². The van der Waals surface area contributed by atoms with E-state index in [9.17, 15) is 13.2 Å². The zero-order valence-corrected chi connectivity index (χ0v) is 16.7. The maximum atomic E-state index is 12.7. The summed E-state index contributed by atoms with van der Waals surface area (Å²) in [5.74, 6) is -0.116. The van der Waals surface area contributed by atoms with Gasteiger partial charge in [0.25, 0.3) is 5.91 Å². The quantitative estimate of drug-likeness (QED) is 0.689. The summed E-state index contributed by atoms with van der Waals surface area (Å²) in [5, 5.41) is 2.83. The Labute approximate surface area is 161 Å². The minimum absolute atomic E-state index is 0.00339. The van der Waals surface area contributed by atoms with Gasteiger partial charge in [-0.2, -0.15) is 0 Å². The van der Waals surface area contributed by atoms with Crippen molar-refractivity contribution in [3.05, 3.63) is 59.7 Å². The van der Waals surface area contributed by atoms with E-state index >= 15 is 0 Å². The standard InChI is InChI=1S/C20H26N2O4S/c1-4-15(2)22-20(23)17-10-11-18(26-3)19(14-17)27(24,25)21-13-12-16-8-6-5-7-9-16/h5-11,14-15,21H,4,12-13H2,1-3H3,(H,22,23). The number of sulfonamides is 1. The van der Waals surface area contributed by atoms with Gasteiger partial charge in [-0.15, -0.1) is 0 Å². The van der Waals surface area contributed by atoms with Gasteiger partial charge in [0.1, 0.15) is 10.6 Å². The van der Waals surface area contributed by atoms with Gasteiger partial charge >= 0.3 is 0 Å². The summed E-state index contributed by atoms with van der Waals surface area (Å²) in [7, 11) is -2.42. The van der Waals surface area contributed by atoms with Gasteiger partial charge in [-0.05, 0) is 43.5 Å². The molecule has 0 radical (unpaired) electrons. The smallest absolute Gasteiger partial charge is 0.251 e. The van der Waals surface area contributed by atoms with E-state index in [1.807, 2.05) is 44.2 Å². The Morgan fingerprint density at radius 3 is 2.48 bits per heavy atom. The topological polar surface area (TPSA) is 84.5 Å². The van der Waals surface area contributed by atoms with Crippen LogP contribution in [-0.2, 0) is 16.4 Å². The third kappa shape index (κ3) is 5.80. The highest BCUT2D eigenvalue weighted by Gasteiger charge is 2.21. The maximum Gasteiger partial charge on any atom is 0.251 e. The monoisotopic (exact) mass is 390 g/mol. The van der Waals surface area contributed by atoms with Crippen molar-refractivity contribution >= 4 is 15.9 Å². The van der Waals surface area contributed by atoms with Crippen LogP contribution in [0, 0.1) is 0 Å². The van der Waals surface area contributed by atoms with Crippen molar-refractivity contribution in [2.45, 2.75) is 37.6 Å². The number of hydrogen-bond acceptors (Lipinski definition) is 4. The lowest BCUT2D eigenvalue weighted by atomic mass is 10.2. The number of methoxy groups -OCH3 is 1. The highest BCUT2D eigenvalue weighted by Crippen LogP contribution is 2.25. The zero-order valence-electron chi connectivity index (χ0n) is 15.9. The first-order chi connectivity index (χ1) is 12.9. The highest BCUT2D eigenvalue weighted by molar-refractivity contribution is 7.89. The minimum atomic E-state index is -3.82. The maximum absolute atomic E-state index is 12.7. The van der Waals surface area contributed by atoms with Crippen molar-refractivity contribution in [1.82, 2.24) is 10.0 Å². The Balaban J connectivity index is 2.18. The second-order valence-electron chi connectivity index (χ2n) is 6.28. The number of amides is 1. The Morgan fingerprint density at radius 1 is 1.15 bits per heavy atom. The van der Waals surface area contributed by atoms with Crippen molar-refractivity contribution in [2.24, 2.45) is 0 Å². The molecule has 0 saturated carbocycles. The van der Waals surface area contributed by atoms with Crippen LogP contribution in [0.1, 0.15) is 36.2 Å². The van der Waals surface area contributed by atoms with Crippen LogP contribution in [0.3, 0.4) is 0 Å². The fraction of sp³-hybridized carbons (Fsp3) is 0.350. The molecule has 2 rings (SSSR count). The molecule has 1 unspecified atom stereocenters. The summed E-state index contributed by atoms with van der Waals surface area (Å²) >= 11 is 0. The van der Waals surface area contributed by atoms with Crippen molar-refractivity contribution in [3.8, 4) is 5.75 Å². The molecule has 2 aromatic rings. The number of ether oxygens (including phenoxy) is 1. The zero-order chi connectivity index (χ0) is 19.9. The fourth-order valence-corrected chi connectivity index (χ4v) is 3.71. The predicted octanol–water partition coefficient (Wildman–Crippen LogP) is 2.74. The number of hydrogen-bond donors (Lipinski definition) is 2. The van der Waals surface area contributed by atoms with Gasteiger partial charge in [-0.25, -0.2) is 13.1 Å². The molecular formula is C20H26N2O4S. The van der Waals surface area contributed by atoms with Crippen LogP contribution >= 0.6 is 0 Å². The second kappa shape index (κ2) is 9.53. The lowest BCUT2D eigenvalue weighted by Gasteiger charge is -2.14. The lowest BCUT2D eigenvalue weighted by molar-refractivity contribution is 0.0939. The molecule has 146 valence electrons. The van der Waals surface area contributed by atoms with E-state index in [4.69, 9.17) is 4.74 Å². The SMILES string of the molecule is CCC(C)NC(=O)c1ccc(OC)c(S(=O)(=O)NCCc2ccccc2)c1. The molecule has 0 aliphatic heterocycles. The van der Waals surface area contributed by atoms with E-state index in [2.05, 4.69) is 10.0 Å². The molecule has 6 nitrogen and oxygen atoms in total. The third-order valence-corrected chi connectivity index (χ3v) is 5.74. The van der Waals surface area contributed by atoms with Crippen LogP contribution in [0.5, 0.6) is 5.75 Å². The molecule has 0 bridgehead atoms. The first kappa shape index (κ1) is 20.9. The van der Waals surface area contributed by atoms with E-state index in [-0.39, 0.29) is 34.7 Å². The van der Waals surface area contributed by atoms with E-state index in [1.54, 1.807) is 6.07 Å². The molecular weight excluding hydrogens is 364 g/mol. The van der Waals surface area contributed by atoms with E-state index < -0.39 is 10.0 Å². The van der Waals surface area contributed by atoms with Crippen LogP contribution in [-0.4, -0.2) is 34.0 Å². The lowest BCUT2D eigenvalue weighted by Crippen LogP contribution is -2.32. The summed E-state index contributed by atoms with van der Waals surface area (Å²) in [6, 6.07) is 14.0. The molecule has 0 spiro atoms. The average molecular weight is 391 g/mol. The predicted molar refractivity (Wildman–Crippen MR) is 106 cm³/mol. The van der Waals surface area contributed by atoms with Crippen molar-refractivity contribution < 1.29 is 17.9 Å². The molecule has 7 heteroatoms. The van der Waals surface area contributed by atoms with Gasteiger partial charge < -0.3 is 10.1 Å². The molecule has 2 N–H and O–H groups in total. The number of carbonyl (C=O) groups excluding carboxylic acids is 1. The summed E-state index contributed by atoms with van der Waals surface area (Å²) in [5.41, 5.74) is 1.31. The normalized spacial score (nSPS) is 12.4. The Kier molecular flexibility index (Phi) is 7.38. The molecule has 1 atom stereocenters. The van der Waals surface area contributed by atoms with Crippen LogP contribution < -0.4 is 14.8 Å². The van der Waals surface area contributed by atoms with Crippen molar-refractivity contribution in [3.63, 3.8) is 0 Å². The molecule has 0 aliphatic carbocycles. The summed E-state index contributed by atoms with van der Waals surface area (Å²) in [6.07, 6.45) is 1.35. The van der Waals surface area contributed by atoms with Gasteiger partial charge in [0.05, 0.1) is 7.11 Å². The molecule has 2 aromatic carbocycles. The molecule has 0 saturated heterocycles. The first-order valence-electron chi connectivity index (χ1n) is 8.90. The van der Waals surface area contributed by atoms with Crippen molar-refractivity contribution in [2.75, 3.05) is 13.7 Å². The van der Waals surface area contributed by atoms with Crippen LogP contribution in [0.4, 0.5) is 0 Å². The van der Waals surface area contributed by atoms with E-state index in [0.29, 0.717) is 6.42 Å². The molecule has 0 aromatic heterocycles. The first-order valence-corrected chi connectivity index (χ1v) is 10.4. The van der Waals surface area contributed by atoms with Crippen LogP contribution in [0.2, 0.25) is 0 Å². The molecule has 1 amide bonds. The fourth-order valence-electron chi connectivity index (χ4n) is 2.49. The molecule has 0 heterocycles. The van der Waals surface area contributed by atoms with E-state index in [0.717, 1.165) is 12.0 Å². The summed E-state index contributed by atoms with van der Waals surface area (Å²) < 4.78 is 33.2. The minimum Gasteiger partial charge on any atom is -0.495 e. The largest absolute Gasteiger partial charge is 0.495 e. The van der Waals surface area contributed by atoms with Crippen molar-refractivity contribution in [1.29, 1.82) is 0 Å². The average Bonchev–Trinajstić information content (AvgIpc) is 2.68. The Hall–Kier alpha value is -2.38. The molecule has 0 aliphatic rings. The molecule has 0 fully saturated rings. The number of carbonyl (C=O) groups is 1. The van der Waals surface area contributed by atoms with Gasteiger partial charge in [0, 0.05) is 18.2 Å². The number of nitrogens with one attached hydrogen (secondary N) is 2. The van der Waals surface area contributed by atoms with Gasteiger partial charge in [0.15, 0.2) is 0 Å². The third-order valence-electron chi connectivity index (χ3n) is 4.25. The van der Waals surface area contributed by atoms with Gasteiger partial charge in [0.2, 0.25) is 10.0 Å². The Bertz CT molecular complexity index is 867. The second-order valence-corrected chi connectivity index (χ2v) is 8.02. The highest BCUT2D eigenvalue weighted by atomic mass is 32.2.